The average molecular weight is 407 g/mol. The van der Waals surface area contributed by atoms with E-state index in [2.05, 4.69) is 52.6 Å². The lowest BCUT2D eigenvalue weighted by Crippen LogP contribution is -2.25. The van der Waals surface area contributed by atoms with Gasteiger partial charge in [0.1, 0.15) is 10.8 Å². The SMILES string of the molecule is Cc1ccc(Sc2ncccc2C(=O)NCCCCNc2ccccn2)cc1C. The van der Waals surface area contributed by atoms with Gasteiger partial charge in [0.2, 0.25) is 0 Å². The monoisotopic (exact) mass is 406 g/mol. The molecule has 0 radical (unpaired) electrons. The van der Waals surface area contributed by atoms with Gasteiger partial charge in [-0.05, 0) is 74.2 Å². The van der Waals surface area contributed by atoms with Crippen LogP contribution in [0.15, 0.2) is 70.8 Å². The fourth-order valence-electron chi connectivity index (χ4n) is 2.76. The summed E-state index contributed by atoms with van der Waals surface area (Å²) < 4.78 is 0. The molecule has 3 aromatic rings. The molecule has 0 aliphatic rings. The number of nitrogens with zero attached hydrogens (tertiary/aromatic N) is 2. The molecule has 0 aliphatic heterocycles. The number of anilines is 1. The molecule has 1 amide bonds. The van der Waals surface area contributed by atoms with Gasteiger partial charge in [-0.3, -0.25) is 4.79 Å². The zero-order chi connectivity index (χ0) is 20.5. The van der Waals surface area contributed by atoms with E-state index >= 15 is 0 Å². The van der Waals surface area contributed by atoms with E-state index < -0.39 is 0 Å². The molecule has 0 unspecified atom stereocenters. The van der Waals surface area contributed by atoms with Gasteiger partial charge in [0.25, 0.3) is 5.91 Å². The van der Waals surface area contributed by atoms with E-state index in [0.717, 1.165) is 35.1 Å². The van der Waals surface area contributed by atoms with Crippen LogP contribution in [0.4, 0.5) is 5.82 Å². The minimum atomic E-state index is -0.0814. The predicted octanol–water partition coefficient (Wildman–Crippen LogP) is 4.87. The van der Waals surface area contributed by atoms with Gasteiger partial charge < -0.3 is 10.6 Å². The van der Waals surface area contributed by atoms with E-state index in [4.69, 9.17) is 0 Å². The lowest BCUT2D eigenvalue weighted by atomic mass is 10.1. The van der Waals surface area contributed by atoms with Crippen LogP contribution >= 0.6 is 11.8 Å². The molecule has 3 rings (SSSR count). The average Bonchev–Trinajstić information content (AvgIpc) is 2.74. The summed E-state index contributed by atoms with van der Waals surface area (Å²) in [5, 5.41) is 7.01. The van der Waals surface area contributed by atoms with Crippen LogP contribution in [0.25, 0.3) is 0 Å². The van der Waals surface area contributed by atoms with E-state index in [1.807, 2.05) is 24.3 Å². The molecule has 1 aromatic carbocycles. The van der Waals surface area contributed by atoms with Crippen LogP contribution < -0.4 is 10.6 Å². The Morgan fingerprint density at radius 3 is 2.55 bits per heavy atom. The van der Waals surface area contributed by atoms with Crippen molar-refractivity contribution in [1.82, 2.24) is 15.3 Å². The van der Waals surface area contributed by atoms with Crippen molar-refractivity contribution in [3.63, 3.8) is 0 Å². The highest BCUT2D eigenvalue weighted by molar-refractivity contribution is 7.99. The molecule has 150 valence electrons. The number of amides is 1. The maximum atomic E-state index is 12.6. The highest BCUT2D eigenvalue weighted by Crippen LogP contribution is 2.29. The number of aromatic nitrogens is 2. The first kappa shape index (κ1) is 20.9. The first-order valence-electron chi connectivity index (χ1n) is 9.77. The van der Waals surface area contributed by atoms with Gasteiger partial charge in [-0.15, -0.1) is 0 Å². The van der Waals surface area contributed by atoms with E-state index in [1.165, 1.54) is 22.9 Å². The minimum Gasteiger partial charge on any atom is -0.370 e. The van der Waals surface area contributed by atoms with Crippen molar-refractivity contribution in [1.29, 1.82) is 0 Å². The number of rotatable bonds is 9. The molecular weight excluding hydrogens is 380 g/mol. The lowest BCUT2D eigenvalue weighted by Gasteiger charge is -2.10. The van der Waals surface area contributed by atoms with Crippen LogP contribution in [0, 0.1) is 13.8 Å². The number of carbonyl (C=O) groups excluding carboxylic acids is 1. The van der Waals surface area contributed by atoms with E-state index in [1.54, 1.807) is 18.5 Å². The Morgan fingerprint density at radius 2 is 1.76 bits per heavy atom. The van der Waals surface area contributed by atoms with Crippen LogP contribution in [-0.4, -0.2) is 29.0 Å². The largest absolute Gasteiger partial charge is 0.370 e. The van der Waals surface area contributed by atoms with Gasteiger partial charge in [-0.1, -0.05) is 23.9 Å². The van der Waals surface area contributed by atoms with Crippen LogP contribution in [0.1, 0.15) is 34.3 Å². The van der Waals surface area contributed by atoms with Crippen LogP contribution in [-0.2, 0) is 0 Å². The fourth-order valence-corrected chi connectivity index (χ4v) is 3.74. The van der Waals surface area contributed by atoms with Gasteiger partial charge >= 0.3 is 0 Å². The first-order chi connectivity index (χ1) is 14.1. The number of carbonyl (C=O) groups is 1. The molecule has 0 aliphatic carbocycles. The summed E-state index contributed by atoms with van der Waals surface area (Å²) in [6.45, 7) is 5.64. The fraction of sp³-hybridized carbons (Fsp3) is 0.261. The lowest BCUT2D eigenvalue weighted by molar-refractivity contribution is 0.0949. The molecule has 0 bridgehead atoms. The molecule has 2 aromatic heterocycles. The molecule has 6 heteroatoms. The second kappa shape index (κ2) is 10.6. The number of pyridine rings is 2. The maximum Gasteiger partial charge on any atom is 0.254 e. The molecule has 0 saturated heterocycles. The molecule has 29 heavy (non-hydrogen) atoms. The summed E-state index contributed by atoms with van der Waals surface area (Å²) in [6.07, 6.45) is 5.34. The topological polar surface area (TPSA) is 66.9 Å². The van der Waals surface area contributed by atoms with Gasteiger partial charge in [-0.2, -0.15) is 0 Å². The Hall–Kier alpha value is -2.86. The van der Waals surface area contributed by atoms with Gasteiger partial charge in [0, 0.05) is 30.4 Å². The van der Waals surface area contributed by atoms with Gasteiger partial charge in [0.05, 0.1) is 5.56 Å². The first-order valence-corrected chi connectivity index (χ1v) is 10.6. The van der Waals surface area contributed by atoms with Crippen molar-refractivity contribution in [3.8, 4) is 0 Å². The van der Waals surface area contributed by atoms with Gasteiger partial charge in [0.15, 0.2) is 0 Å². The zero-order valence-corrected chi connectivity index (χ0v) is 17.6. The van der Waals surface area contributed by atoms with E-state index in [9.17, 15) is 4.79 Å². The molecule has 2 N–H and O–H groups in total. The van der Waals surface area contributed by atoms with Crippen LogP contribution in [0.2, 0.25) is 0 Å². The molecule has 0 fully saturated rings. The molecule has 0 saturated carbocycles. The highest BCUT2D eigenvalue weighted by Gasteiger charge is 2.13. The van der Waals surface area contributed by atoms with Crippen molar-refractivity contribution in [2.45, 2.75) is 36.6 Å². The Kier molecular flexibility index (Phi) is 7.64. The summed E-state index contributed by atoms with van der Waals surface area (Å²) >= 11 is 1.52. The van der Waals surface area contributed by atoms with Crippen molar-refractivity contribution in [2.24, 2.45) is 0 Å². The van der Waals surface area contributed by atoms with Crippen molar-refractivity contribution in [2.75, 3.05) is 18.4 Å². The third-order valence-electron chi connectivity index (χ3n) is 4.57. The van der Waals surface area contributed by atoms with E-state index in [0.29, 0.717) is 12.1 Å². The van der Waals surface area contributed by atoms with Crippen molar-refractivity contribution in [3.05, 3.63) is 77.6 Å². The van der Waals surface area contributed by atoms with Crippen LogP contribution in [0.3, 0.4) is 0 Å². The summed E-state index contributed by atoms with van der Waals surface area (Å²) in [7, 11) is 0. The highest BCUT2D eigenvalue weighted by atomic mass is 32.2. The van der Waals surface area contributed by atoms with E-state index in [-0.39, 0.29) is 5.91 Å². The Balaban J connectivity index is 1.48. The molecule has 0 atom stereocenters. The normalized spacial score (nSPS) is 10.6. The number of nitrogens with one attached hydrogen (secondary N) is 2. The van der Waals surface area contributed by atoms with Gasteiger partial charge in [-0.25, -0.2) is 9.97 Å². The Bertz CT molecular complexity index is 947. The summed E-state index contributed by atoms with van der Waals surface area (Å²) in [5.74, 6) is 0.794. The second-order valence-corrected chi connectivity index (χ2v) is 7.87. The molecular formula is C23H26N4OS. The number of hydrogen-bond donors (Lipinski definition) is 2. The van der Waals surface area contributed by atoms with Crippen molar-refractivity contribution < 1.29 is 4.79 Å². The summed E-state index contributed by atoms with van der Waals surface area (Å²) in [6, 6.07) is 15.7. The maximum absolute atomic E-state index is 12.6. The Morgan fingerprint density at radius 1 is 0.931 bits per heavy atom. The Labute approximate surface area is 176 Å². The van der Waals surface area contributed by atoms with Crippen molar-refractivity contribution >= 4 is 23.5 Å². The second-order valence-electron chi connectivity index (χ2n) is 6.81. The molecule has 2 heterocycles. The molecule has 5 nitrogen and oxygen atoms in total. The number of hydrogen-bond acceptors (Lipinski definition) is 5. The number of aryl methyl sites for hydroxylation is 2. The number of unbranched alkanes of at least 4 members (excludes halogenated alkanes) is 1. The smallest absolute Gasteiger partial charge is 0.254 e. The summed E-state index contributed by atoms with van der Waals surface area (Å²) in [4.78, 5) is 22.4. The quantitative estimate of drug-likeness (QED) is 0.497. The summed E-state index contributed by atoms with van der Waals surface area (Å²) in [5.41, 5.74) is 3.10. The number of benzene rings is 1. The third kappa shape index (κ3) is 6.32. The standard InChI is InChI=1S/C23H26N4OS/c1-17-10-11-19(16-18(17)2)29-23-20(8-7-15-27-23)22(28)26-14-6-5-13-25-21-9-3-4-12-24-21/h3-4,7-12,15-16H,5-6,13-14H2,1-2H3,(H,24,25)(H,26,28). The molecule has 0 spiro atoms. The third-order valence-corrected chi connectivity index (χ3v) is 5.58. The van der Waals surface area contributed by atoms with Crippen LogP contribution in [0.5, 0.6) is 0 Å². The predicted molar refractivity (Wildman–Crippen MR) is 119 cm³/mol. The minimum absolute atomic E-state index is 0.0814. The zero-order valence-electron chi connectivity index (χ0n) is 16.8.